The molecule has 0 spiro atoms. The van der Waals surface area contributed by atoms with Crippen LogP contribution in [0.2, 0.25) is 0 Å². The third kappa shape index (κ3) is 3.30. The maximum absolute atomic E-state index is 5.54. The van der Waals surface area contributed by atoms with Crippen molar-refractivity contribution in [2.45, 2.75) is 20.3 Å². The second-order valence-electron chi connectivity index (χ2n) is 3.33. The summed E-state index contributed by atoms with van der Waals surface area (Å²) in [5.74, 6) is 1.08. The lowest BCUT2D eigenvalue weighted by Gasteiger charge is -2.08. The lowest BCUT2D eigenvalue weighted by Crippen LogP contribution is -2.14. The molecule has 0 aliphatic rings. The van der Waals surface area contributed by atoms with E-state index in [1.807, 2.05) is 13.0 Å². The second kappa shape index (κ2) is 5.54. The summed E-state index contributed by atoms with van der Waals surface area (Å²) in [7, 11) is 0. The van der Waals surface area contributed by atoms with E-state index < -0.39 is 0 Å². The van der Waals surface area contributed by atoms with Crippen LogP contribution in [-0.2, 0) is 6.42 Å². The lowest BCUT2D eigenvalue weighted by atomic mass is 10.1. The first-order valence-electron chi connectivity index (χ1n) is 4.90. The van der Waals surface area contributed by atoms with Crippen molar-refractivity contribution in [2.75, 3.05) is 13.2 Å². The zero-order valence-corrected chi connectivity index (χ0v) is 8.73. The number of aromatic nitrogens is 2. The highest BCUT2D eigenvalue weighted by Gasteiger charge is 2.04. The Bertz CT molecular complexity index is 278. The minimum Gasteiger partial charge on any atom is -0.478 e. The van der Waals surface area contributed by atoms with Crippen LogP contribution in [0.5, 0.6) is 5.88 Å². The normalized spacial score (nSPS) is 12.5. The molecule has 0 radical (unpaired) electrons. The molecule has 2 N–H and O–H groups in total. The molecule has 0 aliphatic carbocycles. The van der Waals surface area contributed by atoms with E-state index in [1.165, 1.54) is 6.33 Å². The van der Waals surface area contributed by atoms with Crippen molar-refractivity contribution in [2.24, 2.45) is 11.7 Å². The summed E-state index contributed by atoms with van der Waals surface area (Å²) in [6, 6.07) is 1.87. The highest BCUT2D eigenvalue weighted by Crippen LogP contribution is 2.10. The summed E-state index contributed by atoms with van der Waals surface area (Å²) in [6.45, 7) is 5.34. The van der Waals surface area contributed by atoms with Gasteiger partial charge in [-0.2, -0.15) is 0 Å². The van der Waals surface area contributed by atoms with Gasteiger partial charge in [0.05, 0.1) is 6.61 Å². The average molecular weight is 195 g/mol. The number of ether oxygens (including phenoxy) is 1. The van der Waals surface area contributed by atoms with Gasteiger partial charge < -0.3 is 10.5 Å². The summed E-state index contributed by atoms with van der Waals surface area (Å²) in [4.78, 5) is 8.16. The fourth-order valence-corrected chi connectivity index (χ4v) is 1.16. The Hall–Kier alpha value is -1.16. The Labute approximate surface area is 84.5 Å². The molecule has 0 aliphatic heterocycles. The van der Waals surface area contributed by atoms with Gasteiger partial charge in [-0.15, -0.1) is 0 Å². The highest BCUT2D eigenvalue weighted by atomic mass is 16.5. The number of hydrogen-bond donors (Lipinski definition) is 1. The van der Waals surface area contributed by atoms with Crippen LogP contribution in [0, 0.1) is 5.92 Å². The molecule has 1 aromatic rings. The van der Waals surface area contributed by atoms with Gasteiger partial charge in [0.15, 0.2) is 0 Å². The Morgan fingerprint density at radius 1 is 1.50 bits per heavy atom. The minimum absolute atomic E-state index is 0.444. The van der Waals surface area contributed by atoms with Gasteiger partial charge in [-0.25, -0.2) is 9.97 Å². The quantitative estimate of drug-likeness (QED) is 0.761. The van der Waals surface area contributed by atoms with E-state index in [-0.39, 0.29) is 0 Å². The van der Waals surface area contributed by atoms with Crippen LogP contribution in [-0.4, -0.2) is 23.1 Å². The summed E-state index contributed by atoms with van der Waals surface area (Å²) < 4.78 is 5.28. The van der Waals surface area contributed by atoms with Crippen molar-refractivity contribution in [3.8, 4) is 5.88 Å². The van der Waals surface area contributed by atoms with E-state index in [0.717, 1.165) is 12.1 Å². The highest BCUT2D eigenvalue weighted by molar-refractivity contribution is 5.13. The lowest BCUT2D eigenvalue weighted by molar-refractivity contribution is 0.325. The topological polar surface area (TPSA) is 61.0 Å². The largest absolute Gasteiger partial charge is 0.478 e. The van der Waals surface area contributed by atoms with E-state index in [0.29, 0.717) is 24.9 Å². The van der Waals surface area contributed by atoms with Gasteiger partial charge in [0, 0.05) is 11.8 Å². The third-order valence-corrected chi connectivity index (χ3v) is 1.95. The Balaban J connectivity index is 2.63. The van der Waals surface area contributed by atoms with Crippen molar-refractivity contribution < 1.29 is 4.74 Å². The van der Waals surface area contributed by atoms with E-state index in [4.69, 9.17) is 10.5 Å². The first kappa shape index (κ1) is 10.9. The maximum Gasteiger partial charge on any atom is 0.216 e. The van der Waals surface area contributed by atoms with E-state index in [1.54, 1.807) is 0 Å². The van der Waals surface area contributed by atoms with E-state index in [9.17, 15) is 0 Å². The molecule has 1 rings (SSSR count). The summed E-state index contributed by atoms with van der Waals surface area (Å²) >= 11 is 0. The molecule has 0 fully saturated rings. The Morgan fingerprint density at radius 3 is 2.93 bits per heavy atom. The summed E-state index contributed by atoms with van der Waals surface area (Å²) in [6.07, 6.45) is 2.41. The van der Waals surface area contributed by atoms with Crippen LogP contribution in [0.4, 0.5) is 0 Å². The fourth-order valence-electron chi connectivity index (χ4n) is 1.16. The number of hydrogen-bond acceptors (Lipinski definition) is 4. The zero-order valence-electron chi connectivity index (χ0n) is 8.73. The Morgan fingerprint density at radius 2 is 2.29 bits per heavy atom. The molecule has 4 heteroatoms. The molecule has 4 nitrogen and oxygen atoms in total. The van der Waals surface area contributed by atoms with Crippen LogP contribution >= 0.6 is 0 Å². The van der Waals surface area contributed by atoms with Crippen molar-refractivity contribution in [3.05, 3.63) is 18.1 Å². The minimum atomic E-state index is 0.444. The molecule has 1 aromatic heterocycles. The van der Waals surface area contributed by atoms with Crippen LogP contribution in [0.25, 0.3) is 0 Å². The second-order valence-corrected chi connectivity index (χ2v) is 3.33. The first-order chi connectivity index (χ1) is 6.76. The molecule has 14 heavy (non-hydrogen) atoms. The van der Waals surface area contributed by atoms with Gasteiger partial charge in [0.25, 0.3) is 0 Å². The molecule has 0 saturated heterocycles. The van der Waals surface area contributed by atoms with Gasteiger partial charge in [0.1, 0.15) is 6.33 Å². The van der Waals surface area contributed by atoms with Crippen molar-refractivity contribution >= 4 is 0 Å². The molecular formula is C10H17N3O. The third-order valence-electron chi connectivity index (χ3n) is 1.95. The standard InChI is InChI=1S/C10H17N3O/c1-3-14-10-5-9(12-7-13-10)4-8(2)6-11/h5,7-8H,3-4,6,11H2,1-2H3. The number of rotatable bonds is 5. The molecule has 78 valence electrons. The smallest absolute Gasteiger partial charge is 0.216 e. The molecular weight excluding hydrogens is 178 g/mol. The van der Waals surface area contributed by atoms with Gasteiger partial charge in [0.2, 0.25) is 5.88 Å². The number of nitrogens with zero attached hydrogens (tertiary/aromatic N) is 2. The van der Waals surface area contributed by atoms with Crippen molar-refractivity contribution in [1.82, 2.24) is 9.97 Å². The molecule has 1 heterocycles. The fraction of sp³-hybridized carbons (Fsp3) is 0.600. The SMILES string of the molecule is CCOc1cc(CC(C)CN)ncn1. The summed E-state index contributed by atoms with van der Waals surface area (Å²) in [5.41, 5.74) is 6.53. The van der Waals surface area contributed by atoms with Crippen molar-refractivity contribution in [1.29, 1.82) is 0 Å². The molecule has 0 bridgehead atoms. The van der Waals surface area contributed by atoms with Gasteiger partial charge in [-0.1, -0.05) is 6.92 Å². The summed E-state index contributed by atoms with van der Waals surface area (Å²) in [5, 5.41) is 0. The molecule has 0 aromatic carbocycles. The predicted molar refractivity (Wildman–Crippen MR) is 55.1 cm³/mol. The monoisotopic (exact) mass is 195 g/mol. The average Bonchev–Trinajstić information content (AvgIpc) is 2.19. The molecule has 1 unspecified atom stereocenters. The number of nitrogens with two attached hydrogens (primary N) is 1. The first-order valence-corrected chi connectivity index (χ1v) is 4.90. The van der Waals surface area contributed by atoms with E-state index in [2.05, 4.69) is 16.9 Å². The van der Waals surface area contributed by atoms with Crippen LogP contribution in [0.15, 0.2) is 12.4 Å². The van der Waals surface area contributed by atoms with Crippen LogP contribution < -0.4 is 10.5 Å². The predicted octanol–water partition coefficient (Wildman–Crippen LogP) is 1.01. The van der Waals surface area contributed by atoms with Gasteiger partial charge in [-0.05, 0) is 25.8 Å². The van der Waals surface area contributed by atoms with E-state index >= 15 is 0 Å². The molecule has 1 atom stereocenters. The molecule has 0 saturated carbocycles. The van der Waals surface area contributed by atoms with Gasteiger partial charge in [-0.3, -0.25) is 0 Å². The Kier molecular flexibility index (Phi) is 4.32. The maximum atomic E-state index is 5.54. The van der Waals surface area contributed by atoms with Crippen molar-refractivity contribution in [3.63, 3.8) is 0 Å². The van der Waals surface area contributed by atoms with Crippen LogP contribution in [0.3, 0.4) is 0 Å². The molecule has 0 amide bonds. The van der Waals surface area contributed by atoms with Gasteiger partial charge >= 0.3 is 0 Å². The zero-order chi connectivity index (χ0) is 10.4. The van der Waals surface area contributed by atoms with Crippen LogP contribution in [0.1, 0.15) is 19.5 Å².